The molecular weight excluding hydrogens is 1300 g/mol. The third-order valence-corrected chi connectivity index (χ3v) is 20.5. The molecule has 0 aromatic heterocycles. The maximum Gasteiger partial charge on any atom is 0.432 e. The molecule has 10 saturated heterocycles. The molecule has 38 heteroatoms. The van der Waals surface area contributed by atoms with E-state index in [1.54, 1.807) is 9.80 Å². The fraction of sp³-hybridized carbons (Fsp3) is 0.607. The van der Waals surface area contributed by atoms with Crippen molar-refractivity contribution in [3.05, 3.63) is 71.8 Å². The fourth-order valence-electron chi connectivity index (χ4n) is 12.9. The predicted octanol–water partition coefficient (Wildman–Crippen LogP) is 0.231. The number of rotatable bonds is 11. The Bertz CT molecular complexity index is 3480. The first-order valence-corrected chi connectivity index (χ1v) is 35.1. The van der Waals surface area contributed by atoms with Crippen LogP contribution in [-0.4, -0.2) is 250 Å². The zero-order valence-corrected chi connectivity index (χ0v) is 53.5. The first-order chi connectivity index (χ1) is 44.7. The number of carbonyl (C=O) groups excluding carboxylic acids is 10. The first kappa shape index (κ1) is 70.3. The highest BCUT2D eigenvalue weighted by Gasteiger charge is 2.61. The Hall–Kier alpha value is -8.01. The van der Waals surface area contributed by atoms with Crippen molar-refractivity contribution in [2.75, 3.05) is 58.9 Å². The van der Waals surface area contributed by atoms with Gasteiger partial charge in [0.05, 0.1) is 18.1 Å². The molecule has 10 fully saturated rings. The van der Waals surface area contributed by atoms with Crippen LogP contribution >= 0.6 is 0 Å². The number of ether oxygens (including phenoxy) is 2. The van der Waals surface area contributed by atoms with Gasteiger partial charge in [0.25, 0.3) is 29.5 Å². The monoisotopic (exact) mass is 1380 g/mol. The molecule has 2 aromatic rings. The Morgan fingerprint density at radius 2 is 0.915 bits per heavy atom. The van der Waals surface area contributed by atoms with Gasteiger partial charge < -0.3 is 60.5 Å². The largest absolute Gasteiger partial charge is 0.445 e. The summed E-state index contributed by atoms with van der Waals surface area (Å²) in [6, 6.07) is 14.0. The SMILES string of the molecule is O=C(N[C@H]1CCCN(C(=O)OCc2ccccc2)CC1)ON1C(=O)CCC1=O.O=C(N[C@H]1CCCNCC1)N1CC[C@@H]2[C@H]1C(=O)N2S(=O)(=O)O.O=C(OCc1ccccc1)N1CCC[C@H](NC(=O)N2CC[C@@H]3[C@H]2C(=O)N3S(=O)(=O)O)CC1.O=C1[C@H]2NCC[C@H]2N1S(=O)(=O)O. The highest BCUT2D eigenvalue weighted by atomic mass is 32.2. The van der Waals surface area contributed by atoms with Gasteiger partial charge in [-0.25, -0.2) is 36.9 Å². The number of hydrogen-bond acceptors (Lipinski definition) is 21. The summed E-state index contributed by atoms with van der Waals surface area (Å²) in [5, 5.41) is 15.1. The van der Waals surface area contributed by atoms with E-state index < -0.39 is 109 Å². The maximum absolute atomic E-state index is 12.7. The van der Waals surface area contributed by atoms with E-state index in [-0.39, 0.29) is 75.3 Å². The second-order valence-electron chi connectivity index (χ2n) is 23.8. The Balaban J connectivity index is 0.000000154. The van der Waals surface area contributed by atoms with Crippen molar-refractivity contribution in [1.29, 1.82) is 0 Å². The van der Waals surface area contributed by atoms with E-state index in [9.17, 15) is 73.2 Å². The van der Waals surface area contributed by atoms with Crippen LogP contribution in [0.25, 0.3) is 0 Å². The lowest BCUT2D eigenvalue weighted by Gasteiger charge is -2.42. The molecule has 10 heterocycles. The van der Waals surface area contributed by atoms with Gasteiger partial charge in [-0.05, 0) is 108 Å². The molecular formula is C56H77N13O22S3. The van der Waals surface area contributed by atoms with Gasteiger partial charge in [-0.2, -0.15) is 25.3 Å². The molecule has 516 valence electrons. The second-order valence-corrected chi connectivity index (χ2v) is 27.7. The zero-order chi connectivity index (χ0) is 67.6. The normalized spacial score (nSPS) is 26.6. The number of urea groups is 2. The molecule has 0 unspecified atom stereocenters. The number of nitrogens with zero attached hydrogens (tertiary/aromatic N) is 8. The van der Waals surface area contributed by atoms with Gasteiger partial charge in [-0.3, -0.25) is 37.6 Å². The minimum absolute atomic E-state index is 0.0512. The van der Waals surface area contributed by atoms with Crippen molar-refractivity contribution in [1.82, 2.24) is 64.2 Å². The predicted molar refractivity (Wildman–Crippen MR) is 323 cm³/mol. The summed E-state index contributed by atoms with van der Waals surface area (Å²) in [4.78, 5) is 130. The minimum Gasteiger partial charge on any atom is -0.445 e. The Morgan fingerprint density at radius 1 is 0.479 bits per heavy atom. The highest BCUT2D eigenvalue weighted by molar-refractivity contribution is 7.84. The smallest absolute Gasteiger partial charge is 0.432 e. The standard InChI is InChI=1S/C20H26N4O7S.C19H23N3O6.C12H20N4O5S.C5H8N2O4S/c25-18-17-16(24(18)32(28,29)30)9-12-23(17)19(26)21-15-7-4-10-22(11-8-15)20(27)31-13-14-5-2-1-3-6-14;23-16-8-9-17(24)22(16)28-18(25)20-15-7-4-11-21(12-10-15)19(26)27-13-14-5-2-1-3-6-14;17-11-10-9(16(11)22(19,20)21)4-7-15(10)12(18)14-8-2-1-5-13-6-3-8;8-5-4-3(1-2-6-4)7(5)12(9,10)11/h1-3,5-6,15-17H,4,7-13H2,(H,21,26)(H,28,29,30);1-3,5-6,15H,4,7-13H2,(H,20,25);8-10,13H,1-7H2,(H,14,18)(H,19,20,21);3-4,6H,1-2H2,(H,9,10,11)/t15-,16+,17-;15-;8-,9+,10-;3-,4+/m0001/s1. The molecule has 94 heavy (non-hydrogen) atoms. The van der Waals surface area contributed by atoms with Crippen LogP contribution in [0.1, 0.15) is 101 Å². The average molecular weight is 1380 g/mol. The van der Waals surface area contributed by atoms with Gasteiger partial charge in [0, 0.05) is 70.2 Å². The minimum atomic E-state index is -4.61. The van der Waals surface area contributed by atoms with Gasteiger partial charge in [-0.1, -0.05) is 60.7 Å². The van der Waals surface area contributed by atoms with Gasteiger partial charge in [0.2, 0.25) is 0 Å². The summed E-state index contributed by atoms with van der Waals surface area (Å²) in [7, 11) is -13.5. The third kappa shape index (κ3) is 17.1. The first-order valence-electron chi connectivity index (χ1n) is 31.0. The number of nitrogens with one attached hydrogen (secondary N) is 5. The van der Waals surface area contributed by atoms with Gasteiger partial charge >= 0.3 is 61.3 Å². The van der Waals surface area contributed by atoms with Crippen LogP contribution in [0, 0.1) is 0 Å². The molecule has 0 aliphatic carbocycles. The summed E-state index contributed by atoms with van der Waals surface area (Å²) in [6.45, 7) is 5.25. The number of amides is 12. The number of benzene rings is 2. The van der Waals surface area contributed by atoms with Crippen LogP contribution in [0.15, 0.2) is 60.7 Å². The molecule has 8 N–H and O–H groups in total. The number of hydrogen-bond donors (Lipinski definition) is 8. The van der Waals surface area contributed by atoms with Crippen molar-refractivity contribution >= 4 is 90.8 Å². The third-order valence-electron chi connectivity index (χ3n) is 17.6. The van der Waals surface area contributed by atoms with Crippen molar-refractivity contribution in [3.8, 4) is 0 Å². The summed E-state index contributed by atoms with van der Waals surface area (Å²) < 4.78 is 105. The van der Waals surface area contributed by atoms with E-state index >= 15 is 0 Å². The molecule has 10 aliphatic heterocycles. The molecule has 35 nitrogen and oxygen atoms in total. The van der Waals surface area contributed by atoms with E-state index in [1.165, 1.54) is 9.80 Å². The average Bonchev–Trinajstić information content (AvgIpc) is 1.49. The van der Waals surface area contributed by atoms with Crippen LogP contribution in [0.2, 0.25) is 0 Å². The van der Waals surface area contributed by atoms with Crippen LogP contribution < -0.4 is 26.6 Å². The molecule has 0 radical (unpaired) electrons. The molecule has 0 spiro atoms. The van der Waals surface area contributed by atoms with E-state index in [1.807, 2.05) is 60.7 Å². The van der Waals surface area contributed by atoms with Crippen molar-refractivity contribution < 1.29 is 101 Å². The summed E-state index contributed by atoms with van der Waals surface area (Å²) in [6.07, 6.45) is 6.16. The molecule has 10 aliphatic rings. The molecule has 0 saturated carbocycles. The van der Waals surface area contributed by atoms with E-state index in [0.29, 0.717) is 109 Å². The van der Waals surface area contributed by atoms with E-state index in [2.05, 4.69) is 26.6 Å². The number of hydroxylamine groups is 2. The molecule has 2 aromatic carbocycles. The lowest BCUT2D eigenvalue weighted by Crippen LogP contribution is -2.69. The maximum atomic E-state index is 12.7. The summed E-state index contributed by atoms with van der Waals surface area (Å²) in [5.41, 5.74) is 1.82. The number of fused-ring (bicyclic) bond motifs is 3. The number of likely N-dealkylation sites (tertiary alicyclic amines) is 4. The molecule has 0 bridgehead atoms. The quantitative estimate of drug-likeness (QED) is 0.0848. The van der Waals surface area contributed by atoms with Gasteiger partial charge in [0.15, 0.2) is 0 Å². The molecule has 9 atom stereocenters. The Morgan fingerprint density at radius 3 is 1.38 bits per heavy atom. The zero-order valence-electron chi connectivity index (χ0n) is 51.0. The summed E-state index contributed by atoms with van der Waals surface area (Å²) in [5.74, 6) is -3.12. The lowest BCUT2D eigenvalue weighted by molar-refractivity contribution is -0.171. The summed E-state index contributed by atoms with van der Waals surface area (Å²) >= 11 is 0. The number of carbonyl (C=O) groups is 10. The van der Waals surface area contributed by atoms with Crippen LogP contribution in [-0.2, 0) is 82.4 Å². The Labute approximate surface area is 542 Å². The molecule has 12 rings (SSSR count). The topological polar surface area (TPSA) is 448 Å². The van der Waals surface area contributed by atoms with Crippen molar-refractivity contribution in [2.24, 2.45) is 0 Å². The van der Waals surface area contributed by atoms with Crippen molar-refractivity contribution in [2.45, 2.75) is 157 Å². The van der Waals surface area contributed by atoms with E-state index in [0.717, 1.165) is 43.5 Å². The van der Waals surface area contributed by atoms with Crippen LogP contribution in [0.4, 0.5) is 24.0 Å². The second kappa shape index (κ2) is 30.6. The Kier molecular flexibility index (Phi) is 22.9. The highest BCUT2D eigenvalue weighted by Crippen LogP contribution is 2.37. The van der Waals surface area contributed by atoms with Gasteiger partial charge in [-0.15, -0.1) is 5.06 Å². The number of imide groups is 1. The molecule has 12 amide bonds. The van der Waals surface area contributed by atoms with Crippen LogP contribution in [0.3, 0.4) is 0 Å². The number of β-lactam (4-membered cyclic amide) rings is 3. The van der Waals surface area contributed by atoms with Crippen molar-refractivity contribution in [3.63, 3.8) is 0 Å². The van der Waals surface area contributed by atoms with Gasteiger partial charge in [0.1, 0.15) is 31.3 Å². The van der Waals surface area contributed by atoms with E-state index in [4.69, 9.17) is 28.0 Å². The lowest BCUT2D eigenvalue weighted by atomic mass is 10.0. The van der Waals surface area contributed by atoms with Crippen LogP contribution in [0.5, 0.6) is 0 Å². The fourth-order valence-corrected chi connectivity index (χ4v) is 15.6.